The number of rotatable bonds is 3. The molecule has 0 unspecified atom stereocenters. The van der Waals surface area contributed by atoms with Crippen molar-refractivity contribution in [2.75, 3.05) is 5.32 Å². The van der Waals surface area contributed by atoms with E-state index in [0.29, 0.717) is 5.39 Å². The van der Waals surface area contributed by atoms with Gasteiger partial charge in [0.2, 0.25) is 0 Å². The molecule has 0 spiro atoms. The van der Waals surface area contributed by atoms with Crippen molar-refractivity contribution in [2.45, 2.75) is 20.8 Å². The predicted octanol–water partition coefficient (Wildman–Crippen LogP) is 7.02. The zero-order valence-electron chi connectivity index (χ0n) is 17.9. The number of aromatic nitrogens is 1. The molecule has 0 aliphatic rings. The van der Waals surface area contributed by atoms with Crippen LogP contribution >= 0.6 is 0 Å². The lowest BCUT2D eigenvalue weighted by Crippen LogP contribution is -2.08. The molecule has 5 aromatic rings. The smallest absolute Gasteiger partial charge is 0.256 e. The average molecular weight is 405 g/mol. The molecule has 0 bridgehead atoms. The molecular formula is C28H24N2O. The van der Waals surface area contributed by atoms with Crippen LogP contribution in [0.1, 0.15) is 16.7 Å². The number of pyridine rings is 1. The Kier molecular flexibility index (Phi) is 4.59. The van der Waals surface area contributed by atoms with Gasteiger partial charge in [-0.25, -0.2) is 0 Å². The number of para-hydroxylation sites is 2. The first kappa shape index (κ1) is 19.1. The topological polar surface area (TPSA) is 44.9 Å². The summed E-state index contributed by atoms with van der Waals surface area (Å²) in [6.07, 6.45) is 0. The Bertz CT molecular complexity index is 1490. The van der Waals surface area contributed by atoms with E-state index in [0.717, 1.165) is 38.8 Å². The third kappa shape index (κ3) is 3.28. The van der Waals surface area contributed by atoms with E-state index in [9.17, 15) is 4.79 Å². The lowest BCUT2D eigenvalue weighted by molar-refractivity contribution is 1.31. The first-order valence-electron chi connectivity index (χ1n) is 10.5. The van der Waals surface area contributed by atoms with Gasteiger partial charge in [0.25, 0.3) is 5.56 Å². The molecule has 152 valence electrons. The summed E-state index contributed by atoms with van der Waals surface area (Å²) in [6.45, 7) is 6.36. The van der Waals surface area contributed by atoms with Gasteiger partial charge in [-0.1, -0.05) is 72.3 Å². The van der Waals surface area contributed by atoms with Crippen LogP contribution in [-0.4, -0.2) is 4.98 Å². The number of aromatic amines is 1. The molecule has 1 heterocycles. The summed E-state index contributed by atoms with van der Waals surface area (Å²) in [5, 5.41) is 6.38. The van der Waals surface area contributed by atoms with Gasteiger partial charge in [0.15, 0.2) is 0 Å². The lowest BCUT2D eigenvalue weighted by Gasteiger charge is -2.18. The van der Waals surface area contributed by atoms with Gasteiger partial charge < -0.3 is 10.3 Å². The van der Waals surface area contributed by atoms with Crippen molar-refractivity contribution in [3.8, 4) is 11.1 Å². The van der Waals surface area contributed by atoms with Crippen LogP contribution in [-0.2, 0) is 0 Å². The third-order valence-corrected chi connectivity index (χ3v) is 5.91. The van der Waals surface area contributed by atoms with E-state index in [-0.39, 0.29) is 5.56 Å². The highest BCUT2D eigenvalue weighted by molar-refractivity contribution is 6.11. The molecule has 0 fully saturated rings. The van der Waals surface area contributed by atoms with Gasteiger partial charge in [-0.15, -0.1) is 0 Å². The van der Waals surface area contributed by atoms with Gasteiger partial charge in [0, 0.05) is 27.8 Å². The van der Waals surface area contributed by atoms with Crippen molar-refractivity contribution >= 4 is 33.1 Å². The van der Waals surface area contributed by atoms with Gasteiger partial charge in [0.05, 0.1) is 5.39 Å². The Labute approximate surface area is 181 Å². The van der Waals surface area contributed by atoms with Gasteiger partial charge in [-0.05, 0) is 55.0 Å². The van der Waals surface area contributed by atoms with Gasteiger partial charge in [-0.3, -0.25) is 4.79 Å². The SMILES string of the molecule is Cc1cc(C)c(Nc2ccccc2-c2cccc3c2c(=O)[nH]c2ccccc23)c(C)c1. The van der Waals surface area contributed by atoms with Crippen LogP contribution in [0.4, 0.5) is 11.4 Å². The molecule has 3 nitrogen and oxygen atoms in total. The lowest BCUT2D eigenvalue weighted by atomic mass is 9.95. The molecule has 4 aromatic carbocycles. The van der Waals surface area contributed by atoms with E-state index in [1.807, 2.05) is 48.5 Å². The Morgan fingerprint density at radius 3 is 2.16 bits per heavy atom. The molecule has 0 radical (unpaired) electrons. The largest absolute Gasteiger partial charge is 0.355 e. The van der Waals surface area contributed by atoms with Gasteiger partial charge >= 0.3 is 0 Å². The van der Waals surface area contributed by atoms with E-state index < -0.39 is 0 Å². The van der Waals surface area contributed by atoms with Crippen LogP contribution < -0.4 is 10.9 Å². The Morgan fingerprint density at radius 2 is 1.35 bits per heavy atom. The molecule has 0 saturated heterocycles. The molecule has 2 N–H and O–H groups in total. The molecule has 0 atom stereocenters. The normalized spacial score (nSPS) is 11.2. The van der Waals surface area contributed by atoms with Crippen molar-refractivity contribution in [1.29, 1.82) is 0 Å². The molecule has 5 rings (SSSR count). The molecule has 31 heavy (non-hydrogen) atoms. The van der Waals surface area contributed by atoms with E-state index in [2.05, 4.69) is 61.4 Å². The number of aryl methyl sites for hydroxylation is 3. The minimum Gasteiger partial charge on any atom is -0.355 e. The van der Waals surface area contributed by atoms with Crippen molar-refractivity contribution in [2.24, 2.45) is 0 Å². The number of fused-ring (bicyclic) bond motifs is 3. The molecule has 0 amide bonds. The second-order valence-electron chi connectivity index (χ2n) is 8.17. The maximum Gasteiger partial charge on any atom is 0.256 e. The summed E-state index contributed by atoms with van der Waals surface area (Å²) >= 11 is 0. The average Bonchev–Trinajstić information content (AvgIpc) is 2.76. The number of hydrogen-bond donors (Lipinski definition) is 2. The number of benzene rings is 4. The Balaban J connectivity index is 1.75. The van der Waals surface area contributed by atoms with Crippen LogP contribution in [0.15, 0.2) is 83.7 Å². The zero-order chi connectivity index (χ0) is 21.5. The quantitative estimate of drug-likeness (QED) is 0.317. The molecule has 0 saturated carbocycles. The van der Waals surface area contributed by atoms with Crippen LogP contribution in [0.5, 0.6) is 0 Å². The van der Waals surface area contributed by atoms with Gasteiger partial charge in [0.1, 0.15) is 0 Å². The highest BCUT2D eigenvalue weighted by Gasteiger charge is 2.14. The Morgan fingerprint density at radius 1 is 0.710 bits per heavy atom. The maximum absolute atomic E-state index is 13.1. The van der Waals surface area contributed by atoms with Crippen LogP contribution in [0, 0.1) is 20.8 Å². The second-order valence-corrected chi connectivity index (χ2v) is 8.17. The first-order chi connectivity index (χ1) is 15.0. The van der Waals surface area contributed by atoms with Crippen molar-refractivity contribution in [3.05, 3.63) is 106 Å². The fraction of sp³-hybridized carbons (Fsp3) is 0.107. The minimum absolute atomic E-state index is 0.0678. The zero-order valence-corrected chi connectivity index (χ0v) is 17.9. The molecule has 3 heteroatoms. The number of anilines is 2. The van der Waals surface area contributed by atoms with E-state index >= 15 is 0 Å². The van der Waals surface area contributed by atoms with E-state index in [1.165, 1.54) is 16.7 Å². The molecule has 0 aliphatic carbocycles. The summed E-state index contributed by atoms with van der Waals surface area (Å²) in [5.41, 5.74) is 8.47. The highest BCUT2D eigenvalue weighted by atomic mass is 16.1. The fourth-order valence-corrected chi connectivity index (χ4v) is 4.60. The number of H-pyrrole nitrogens is 1. The molecular weight excluding hydrogens is 380 g/mol. The van der Waals surface area contributed by atoms with Crippen LogP contribution in [0.2, 0.25) is 0 Å². The highest BCUT2D eigenvalue weighted by Crippen LogP contribution is 2.36. The van der Waals surface area contributed by atoms with E-state index in [1.54, 1.807) is 0 Å². The predicted molar refractivity (Wildman–Crippen MR) is 131 cm³/mol. The summed E-state index contributed by atoms with van der Waals surface area (Å²) in [5.74, 6) is 0. The van der Waals surface area contributed by atoms with Crippen molar-refractivity contribution in [1.82, 2.24) is 4.98 Å². The van der Waals surface area contributed by atoms with Crippen molar-refractivity contribution < 1.29 is 0 Å². The molecule has 0 aliphatic heterocycles. The number of hydrogen-bond acceptors (Lipinski definition) is 2. The third-order valence-electron chi connectivity index (χ3n) is 5.91. The molecule has 1 aromatic heterocycles. The summed E-state index contributed by atoms with van der Waals surface area (Å²) in [7, 11) is 0. The standard InChI is InChI=1S/C28H24N2O/c1-17-15-18(2)27(19(3)16-17)29-24-13-6-4-9-20(24)22-11-8-12-23-21-10-5-7-14-25(21)30-28(31)26(22)23/h4-16,29H,1-3H3,(H,30,31). The Hall–Kier alpha value is -3.85. The summed E-state index contributed by atoms with van der Waals surface area (Å²) < 4.78 is 0. The van der Waals surface area contributed by atoms with Gasteiger partial charge in [-0.2, -0.15) is 0 Å². The van der Waals surface area contributed by atoms with Crippen LogP contribution in [0.3, 0.4) is 0 Å². The monoisotopic (exact) mass is 404 g/mol. The summed E-state index contributed by atoms with van der Waals surface area (Å²) in [4.78, 5) is 16.2. The maximum atomic E-state index is 13.1. The van der Waals surface area contributed by atoms with Crippen molar-refractivity contribution in [3.63, 3.8) is 0 Å². The fourth-order valence-electron chi connectivity index (χ4n) is 4.60. The number of nitrogens with one attached hydrogen (secondary N) is 2. The van der Waals surface area contributed by atoms with Crippen LogP contribution in [0.25, 0.3) is 32.8 Å². The van der Waals surface area contributed by atoms with E-state index in [4.69, 9.17) is 0 Å². The summed E-state index contributed by atoms with van der Waals surface area (Å²) in [6, 6.07) is 26.6. The first-order valence-corrected chi connectivity index (χ1v) is 10.5. The second kappa shape index (κ2) is 7.44. The minimum atomic E-state index is -0.0678.